The highest BCUT2D eigenvalue weighted by atomic mass is 79.9. The molecule has 0 heterocycles. The number of rotatable bonds is 1. The van der Waals surface area contributed by atoms with Crippen LogP contribution >= 0.6 is 31.9 Å². The molecule has 0 saturated heterocycles. The van der Waals surface area contributed by atoms with Crippen LogP contribution in [-0.4, -0.2) is 14.1 Å². The molecule has 0 fully saturated rings. The van der Waals surface area contributed by atoms with Gasteiger partial charge in [-0.05, 0) is 55.0 Å². The molecule has 0 spiro atoms. The summed E-state index contributed by atoms with van der Waals surface area (Å²) in [7, 11) is 4.11. The van der Waals surface area contributed by atoms with Crippen LogP contribution in [0.4, 0.5) is 5.69 Å². The minimum absolute atomic E-state index is 0.175. The monoisotopic (exact) mass is 333 g/mol. The Bertz CT molecular complexity index is 365. The van der Waals surface area contributed by atoms with E-state index in [1.165, 1.54) is 11.3 Å². The van der Waals surface area contributed by atoms with Gasteiger partial charge in [-0.1, -0.05) is 20.8 Å². The van der Waals surface area contributed by atoms with Gasteiger partial charge in [-0.15, -0.1) is 0 Å². The minimum atomic E-state index is 0.175. The van der Waals surface area contributed by atoms with E-state index in [0.717, 1.165) is 8.95 Å². The predicted molar refractivity (Wildman–Crippen MR) is 74.9 cm³/mol. The topological polar surface area (TPSA) is 3.24 Å². The zero-order valence-electron chi connectivity index (χ0n) is 9.86. The first-order chi connectivity index (χ1) is 6.73. The van der Waals surface area contributed by atoms with Gasteiger partial charge in [0.25, 0.3) is 0 Å². The smallest absolute Gasteiger partial charge is 0.0551 e. The standard InChI is InChI=1S/C12H17Br2N/c1-12(2,3)8-6-9(13)11(14)10(7-8)15(4)5/h6-7H,1-5H3. The maximum Gasteiger partial charge on any atom is 0.0551 e. The second-order valence-electron chi connectivity index (χ2n) is 4.94. The van der Waals surface area contributed by atoms with Crippen LogP contribution in [0.3, 0.4) is 0 Å². The van der Waals surface area contributed by atoms with Gasteiger partial charge in [0.2, 0.25) is 0 Å². The van der Waals surface area contributed by atoms with Gasteiger partial charge in [0.05, 0.1) is 10.2 Å². The van der Waals surface area contributed by atoms with Crippen molar-refractivity contribution >= 4 is 37.5 Å². The van der Waals surface area contributed by atoms with Crippen LogP contribution in [0.15, 0.2) is 21.1 Å². The average molecular weight is 335 g/mol. The highest BCUT2D eigenvalue weighted by Gasteiger charge is 2.17. The van der Waals surface area contributed by atoms with E-state index < -0.39 is 0 Å². The van der Waals surface area contributed by atoms with Gasteiger partial charge in [0.1, 0.15) is 0 Å². The molecule has 1 rings (SSSR count). The lowest BCUT2D eigenvalue weighted by molar-refractivity contribution is 0.589. The van der Waals surface area contributed by atoms with Crippen LogP contribution in [0, 0.1) is 0 Å². The Morgan fingerprint density at radius 2 is 1.60 bits per heavy atom. The highest BCUT2D eigenvalue weighted by molar-refractivity contribution is 9.13. The fourth-order valence-corrected chi connectivity index (χ4v) is 2.37. The second-order valence-corrected chi connectivity index (χ2v) is 6.58. The molecule has 0 aliphatic rings. The molecule has 0 radical (unpaired) electrons. The Balaban J connectivity index is 3.36. The van der Waals surface area contributed by atoms with E-state index in [9.17, 15) is 0 Å². The first-order valence-electron chi connectivity index (χ1n) is 4.90. The maximum atomic E-state index is 3.59. The number of anilines is 1. The molecule has 1 aromatic carbocycles. The van der Waals surface area contributed by atoms with E-state index in [1.54, 1.807) is 0 Å². The second kappa shape index (κ2) is 4.46. The Kier molecular flexibility index (Phi) is 3.88. The van der Waals surface area contributed by atoms with Gasteiger partial charge in [-0.3, -0.25) is 0 Å². The zero-order valence-corrected chi connectivity index (χ0v) is 13.0. The van der Waals surface area contributed by atoms with Gasteiger partial charge in [0, 0.05) is 18.6 Å². The zero-order chi connectivity index (χ0) is 11.8. The van der Waals surface area contributed by atoms with E-state index in [-0.39, 0.29) is 5.41 Å². The maximum absolute atomic E-state index is 3.59. The van der Waals surface area contributed by atoms with E-state index in [2.05, 4.69) is 83.8 Å². The molecule has 0 saturated carbocycles. The van der Waals surface area contributed by atoms with Gasteiger partial charge in [-0.2, -0.15) is 0 Å². The largest absolute Gasteiger partial charge is 0.377 e. The summed E-state index contributed by atoms with van der Waals surface area (Å²) >= 11 is 7.18. The van der Waals surface area contributed by atoms with Crippen molar-refractivity contribution in [1.29, 1.82) is 0 Å². The minimum Gasteiger partial charge on any atom is -0.377 e. The van der Waals surface area contributed by atoms with Crippen LogP contribution in [0.5, 0.6) is 0 Å². The molecule has 0 unspecified atom stereocenters. The summed E-state index contributed by atoms with van der Waals surface area (Å²) in [6, 6.07) is 4.41. The normalized spacial score (nSPS) is 11.7. The van der Waals surface area contributed by atoms with Gasteiger partial charge in [0.15, 0.2) is 0 Å². The van der Waals surface area contributed by atoms with Crippen molar-refractivity contribution in [3.8, 4) is 0 Å². The summed E-state index contributed by atoms with van der Waals surface area (Å²) in [6.07, 6.45) is 0. The molecule has 1 aromatic rings. The van der Waals surface area contributed by atoms with Gasteiger partial charge < -0.3 is 4.90 Å². The molecular formula is C12H17Br2N. The van der Waals surface area contributed by atoms with Gasteiger partial charge in [-0.25, -0.2) is 0 Å². The Morgan fingerprint density at radius 1 is 1.07 bits per heavy atom. The summed E-state index contributed by atoms with van der Waals surface area (Å²) in [5.41, 5.74) is 2.71. The number of nitrogens with zero attached hydrogens (tertiary/aromatic N) is 1. The lowest BCUT2D eigenvalue weighted by Crippen LogP contribution is -2.15. The molecule has 0 aromatic heterocycles. The predicted octanol–water partition coefficient (Wildman–Crippen LogP) is 4.58. The van der Waals surface area contributed by atoms with Crippen LogP contribution in [0.1, 0.15) is 26.3 Å². The summed E-state index contributed by atoms with van der Waals surface area (Å²) in [5, 5.41) is 0. The highest BCUT2D eigenvalue weighted by Crippen LogP contribution is 2.37. The van der Waals surface area contributed by atoms with E-state index >= 15 is 0 Å². The van der Waals surface area contributed by atoms with Crippen LogP contribution in [0.25, 0.3) is 0 Å². The third kappa shape index (κ3) is 2.97. The molecule has 0 aliphatic heterocycles. The SMILES string of the molecule is CN(C)c1cc(C(C)(C)C)cc(Br)c1Br. The molecule has 0 bridgehead atoms. The molecule has 0 atom stereocenters. The van der Waals surface area contributed by atoms with Crippen molar-refractivity contribution in [1.82, 2.24) is 0 Å². The molecular weight excluding hydrogens is 318 g/mol. The number of hydrogen-bond acceptors (Lipinski definition) is 1. The van der Waals surface area contributed by atoms with Crippen molar-refractivity contribution in [3.63, 3.8) is 0 Å². The molecule has 0 N–H and O–H groups in total. The molecule has 1 nitrogen and oxygen atoms in total. The molecule has 3 heteroatoms. The van der Waals surface area contributed by atoms with E-state index in [4.69, 9.17) is 0 Å². The Labute approximate surface area is 109 Å². The van der Waals surface area contributed by atoms with Crippen molar-refractivity contribution in [2.75, 3.05) is 19.0 Å². The fourth-order valence-electron chi connectivity index (χ4n) is 1.33. The Morgan fingerprint density at radius 3 is 2.00 bits per heavy atom. The van der Waals surface area contributed by atoms with Crippen molar-refractivity contribution in [2.45, 2.75) is 26.2 Å². The number of hydrogen-bond donors (Lipinski definition) is 0. The lowest BCUT2D eigenvalue weighted by atomic mass is 9.87. The third-order valence-corrected chi connectivity index (χ3v) is 4.35. The fraction of sp³-hybridized carbons (Fsp3) is 0.500. The van der Waals surface area contributed by atoms with E-state index in [0.29, 0.717) is 0 Å². The first-order valence-corrected chi connectivity index (χ1v) is 6.49. The van der Waals surface area contributed by atoms with Crippen LogP contribution < -0.4 is 4.90 Å². The molecule has 84 valence electrons. The lowest BCUT2D eigenvalue weighted by Gasteiger charge is -2.24. The summed E-state index contributed by atoms with van der Waals surface area (Å²) in [6.45, 7) is 6.67. The Hall–Kier alpha value is -0.0200. The van der Waals surface area contributed by atoms with Crippen molar-refractivity contribution in [2.24, 2.45) is 0 Å². The van der Waals surface area contributed by atoms with Crippen LogP contribution in [0.2, 0.25) is 0 Å². The number of benzene rings is 1. The van der Waals surface area contributed by atoms with Crippen molar-refractivity contribution < 1.29 is 0 Å². The summed E-state index contributed by atoms with van der Waals surface area (Å²) < 4.78 is 2.22. The van der Waals surface area contributed by atoms with E-state index in [1.807, 2.05) is 0 Å². The molecule has 0 amide bonds. The average Bonchev–Trinajstić information content (AvgIpc) is 2.06. The summed E-state index contributed by atoms with van der Waals surface area (Å²) in [5.74, 6) is 0. The quantitative estimate of drug-likeness (QED) is 0.726. The van der Waals surface area contributed by atoms with Crippen LogP contribution in [-0.2, 0) is 5.41 Å². The first kappa shape index (κ1) is 13.0. The third-order valence-electron chi connectivity index (χ3n) is 2.36. The molecule has 15 heavy (non-hydrogen) atoms. The summed E-state index contributed by atoms with van der Waals surface area (Å²) in [4.78, 5) is 2.12. The number of halogens is 2. The molecule has 0 aliphatic carbocycles. The van der Waals surface area contributed by atoms with Crippen molar-refractivity contribution in [3.05, 3.63) is 26.6 Å². The van der Waals surface area contributed by atoms with Gasteiger partial charge >= 0.3 is 0 Å².